The maximum absolute atomic E-state index is 12.5. The molecule has 0 bridgehead atoms. The van der Waals surface area contributed by atoms with Gasteiger partial charge in [0.15, 0.2) is 17.6 Å². The number of likely N-dealkylation sites (N-methyl/N-ethyl adjacent to an activating group) is 1. The fourth-order valence-electron chi connectivity index (χ4n) is 2.34. The molecular weight excluding hydrogens is 316 g/mol. The summed E-state index contributed by atoms with van der Waals surface area (Å²) < 4.78 is 11.6. The molecule has 1 unspecified atom stereocenters. The number of amides is 1. The number of hydrogen-bond acceptors (Lipinski definition) is 4. The molecule has 1 heterocycles. The molecule has 23 heavy (non-hydrogen) atoms. The van der Waals surface area contributed by atoms with E-state index in [4.69, 9.17) is 15.2 Å². The average Bonchev–Trinajstić information content (AvgIpc) is 2.50. The lowest BCUT2D eigenvalue weighted by Crippen LogP contribution is -2.53. The number of carbonyl (C=O) groups excluding carboxylic acids is 1. The lowest BCUT2D eigenvalue weighted by molar-refractivity contribution is -0.136. The molecule has 0 spiro atoms. The van der Waals surface area contributed by atoms with Gasteiger partial charge in [0.2, 0.25) is 5.91 Å². The molecule has 0 saturated carbocycles. The number of carbonyl (C=O) groups is 1. The molecule has 5 nitrogen and oxygen atoms in total. The highest BCUT2D eigenvalue weighted by atomic mass is 35.5. The zero-order chi connectivity index (χ0) is 16.3. The summed E-state index contributed by atoms with van der Waals surface area (Å²) >= 11 is 0. The Morgan fingerprint density at radius 2 is 1.96 bits per heavy atom. The molecule has 1 aliphatic rings. The van der Waals surface area contributed by atoms with Crippen molar-refractivity contribution in [2.75, 3.05) is 19.7 Å². The van der Waals surface area contributed by atoms with Crippen LogP contribution in [-0.2, 0) is 4.79 Å². The topological polar surface area (TPSA) is 64.8 Å². The number of rotatable bonds is 4. The highest BCUT2D eigenvalue weighted by Crippen LogP contribution is 2.31. The predicted octanol–water partition coefficient (Wildman–Crippen LogP) is 2.47. The third kappa shape index (κ3) is 4.75. The molecule has 0 aliphatic carbocycles. The second kappa shape index (κ2) is 7.88. The van der Waals surface area contributed by atoms with E-state index >= 15 is 0 Å². The van der Waals surface area contributed by atoms with Crippen LogP contribution in [0.3, 0.4) is 0 Å². The molecule has 130 valence electrons. The van der Waals surface area contributed by atoms with Crippen molar-refractivity contribution in [2.45, 2.75) is 39.8 Å². The van der Waals surface area contributed by atoms with Gasteiger partial charge in [0.05, 0.1) is 12.6 Å². The Balaban J connectivity index is 0.00000264. The molecule has 1 amide bonds. The molecule has 2 atom stereocenters. The van der Waals surface area contributed by atoms with Gasteiger partial charge in [0.1, 0.15) is 6.61 Å². The first-order chi connectivity index (χ1) is 10.3. The number of nitrogens with two attached hydrogens (primary N) is 1. The van der Waals surface area contributed by atoms with E-state index in [1.54, 1.807) is 4.90 Å². The van der Waals surface area contributed by atoms with Crippen LogP contribution in [-0.4, -0.2) is 42.6 Å². The second-order valence-electron chi connectivity index (χ2n) is 6.72. The van der Waals surface area contributed by atoms with Gasteiger partial charge in [-0.2, -0.15) is 0 Å². The van der Waals surface area contributed by atoms with Gasteiger partial charge in [-0.15, -0.1) is 12.4 Å². The average molecular weight is 343 g/mol. The van der Waals surface area contributed by atoms with Gasteiger partial charge in [0, 0.05) is 6.54 Å². The molecule has 1 aliphatic heterocycles. The first-order valence-corrected chi connectivity index (χ1v) is 7.75. The first-order valence-electron chi connectivity index (χ1n) is 7.75. The minimum Gasteiger partial charge on any atom is -0.486 e. The molecule has 0 aromatic heterocycles. The fourth-order valence-corrected chi connectivity index (χ4v) is 2.34. The van der Waals surface area contributed by atoms with Gasteiger partial charge >= 0.3 is 0 Å². The van der Waals surface area contributed by atoms with E-state index in [1.165, 1.54) is 0 Å². The summed E-state index contributed by atoms with van der Waals surface area (Å²) in [6.45, 7) is 9.38. The number of nitrogens with zero attached hydrogens (tertiary/aromatic N) is 1. The Kier molecular flexibility index (Phi) is 6.71. The first kappa shape index (κ1) is 19.6. The van der Waals surface area contributed by atoms with Gasteiger partial charge in [-0.25, -0.2) is 0 Å². The Morgan fingerprint density at radius 1 is 1.35 bits per heavy atom. The van der Waals surface area contributed by atoms with Gasteiger partial charge in [-0.3, -0.25) is 4.79 Å². The number of ether oxygens (including phenoxy) is 2. The van der Waals surface area contributed by atoms with Crippen LogP contribution in [0.2, 0.25) is 0 Å². The van der Waals surface area contributed by atoms with Gasteiger partial charge in [-0.05, 0) is 24.5 Å². The second-order valence-corrected chi connectivity index (χ2v) is 6.72. The molecule has 0 fully saturated rings. The van der Waals surface area contributed by atoms with Gasteiger partial charge < -0.3 is 20.1 Å². The van der Waals surface area contributed by atoms with E-state index in [-0.39, 0.29) is 29.8 Å². The van der Waals surface area contributed by atoms with E-state index < -0.39 is 6.04 Å². The Morgan fingerprint density at radius 3 is 2.52 bits per heavy atom. The molecule has 2 N–H and O–H groups in total. The van der Waals surface area contributed by atoms with Crippen molar-refractivity contribution in [2.24, 2.45) is 11.1 Å². The van der Waals surface area contributed by atoms with Crippen LogP contribution in [0, 0.1) is 5.41 Å². The minimum absolute atomic E-state index is 0. The quantitative estimate of drug-likeness (QED) is 0.913. The third-order valence-electron chi connectivity index (χ3n) is 3.88. The summed E-state index contributed by atoms with van der Waals surface area (Å²) in [5.41, 5.74) is 5.83. The number of para-hydroxylation sites is 2. The van der Waals surface area contributed by atoms with Crippen LogP contribution >= 0.6 is 12.4 Å². The maximum Gasteiger partial charge on any atom is 0.240 e. The zero-order valence-corrected chi connectivity index (χ0v) is 15.1. The van der Waals surface area contributed by atoms with E-state index in [1.807, 2.05) is 52.0 Å². The third-order valence-corrected chi connectivity index (χ3v) is 3.88. The highest BCUT2D eigenvalue weighted by Gasteiger charge is 2.32. The SMILES string of the molecule is CCN(CC1COc2ccccc2O1)C(=O)[C@@H](N)C(C)(C)C.Cl. The van der Waals surface area contributed by atoms with E-state index in [9.17, 15) is 4.79 Å². The van der Waals surface area contributed by atoms with Gasteiger partial charge in [-0.1, -0.05) is 32.9 Å². The normalized spacial score (nSPS) is 17.9. The van der Waals surface area contributed by atoms with Crippen LogP contribution < -0.4 is 15.2 Å². The Bertz CT molecular complexity index is 531. The highest BCUT2D eigenvalue weighted by molar-refractivity contribution is 5.85. The van der Waals surface area contributed by atoms with Crippen LogP contribution in [0.25, 0.3) is 0 Å². The Hall–Kier alpha value is -1.46. The van der Waals surface area contributed by atoms with E-state index in [0.717, 1.165) is 11.5 Å². The van der Waals surface area contributed by atoms with Crippen molar-refractivity contribution in [3.05, 3.63) is 24.3 Å². The molecule has 1 aromatic rings. The summed E-state index contributed by atoms with van der Waals surface area (Å²) in [6, 6.07) is 7.05. The van der Waals surface area contributed by atoms with Crippen LogP contribution in [0.15, 0.2) is 24.3 Å². The maximum atomic E-state index is 12.5. The van der Waals surface area contributed by atoms with Crippen molar-refractivity contribution in [3.8, 4) is 11.5 Å². The zero-order valence-electron chi connectivity index (χ0n) is 14.2. The minimum atomic E-state index is -0.524. The monoisotopic (exact) mass is 342 g/mol. The van der Waals surface area contributed by atoms with E-state index in [2.05, 4.69) is 0 Å². The summed E-state index contributed by atoms with van der Waals surface area (Å²) in [5.74, 6) is 1.43. The van der Waals surface area contributed by atoms with Crippen molar-refractivity contribution in [3.63, 3.8) is 0 Å². The number of hydrogen-bond donors (Lipinski definition) is 1. The fraction of sp³-hybridized carbons (Fsp3) is 0.588. The van der Waals surface area contributed by atoms with Crippen molar-refractivity contribution >= 4 is 18.3 Å². The van der Waals surface area contributed by atoms with Crippen LogP contribution in [0.5, 0.6) is 11.5 Å². The molecule has 6 heteroatoms. The van der Waals surface area contributed by atoms with Crippen molar-refractivity contribution < 1.29 is 14.3 Å². The summed E-state index contributed by atoms with van der Waals surface area (Å²) in [7, 11) is 0. The lowest BCUT2D eigenvalue weighted by atomic mass is 9.86. The summed E-state index contributed by atoms with van der Waals surface area (Å²) in [6.07, 6.45) is -0.175. The van der Waals surface area contributed by atoms with Crippen LogP contribution in [0.1, 0.15) is 27.7 Å². The Labute approximate surface area is 144 Å². The smallest absolute Gasteiger partial charge is 0.240 e. The van der Waals surface area contributed by atoms with E-state index in [0.29, 0.717) is 19.7 Å². The summed E-state index contributed by atoms with van der Waals surface area (Å²) in [5, 5.41) is 0. The molecule has 0 radical (unpaired) electrons. The molecule has 1 aromatic carbocycles. The molecule has 2 rings (SSSR count). The lowest BCUT2D eigenvalue weighted by Gasteiger charge is -2.34. The number of benzene rings is 1. The molecular formula is C17H27ClN2O3. The van der Waals surface area contributed by atoms with Gasteiger partial charge in [0.25, 0.3) is 0 Å². The van der Waals surface area contributed by atoms with Crippen molar-refractivity contribution in [1.29, 1.82) is 0 Å². The number of halogens is 1. The largest absolute Gasteiger partial charge is 0.486 e. The number of fused-ring (bicyclic) bond motifs is 1. The van der Waals surface area contributed by atoms with Crippen molar-refractivity contribution in [1.82, 2.24) is 4.90 Å². The summed E-state index contributed by atoms with van der Waals surface area (Å²) in [4.78, 5) is 14.3. The standard InChI is InChI=1S/C17H26N2O3.ClH/c1-5-19(16(20)15(18)17(2,3)4)10-12-11-21-13-8-6-7-9-14(13)22-12;/h6-9,12,15H,5,10-11,18H2,1-4H3;1H/t12?,15-;/m1./s1. The molecule has 0 saturated heterocycles. The predicted molar refractivity (Wildman–Crippen MR) is 93.3 cm³/mol. The van der Waals surface area contributed by atoms with Crippen LogP contribution in [0.4, 0.5) is 0 Å².